The van der Waals surface area contributed by atoms with Gasteiger partial charge in [0.25, 0.3) is 0 Å². The number of nitrogens with zero attached hydrogens (tertiary/aromatic N) is 3. The molecule has 1 aromatic heterocycles. The van der Waals surface area contributed by atoms with Gasteiger partial charge in [-0.25, -0.2) is 8.42 Å². The van der Waals surface area contributed by atoms with Gasteiger partial charge >= 0.3 is 0 Å². The van der Waals surface area contributed by atoms with Gasteiger partial charge in [-0.05, 0) is 38.0 Å². The van der Waals surface area contributed by atoms with Gasteiger partial charge in [-0.2, -0.15) is 4.98 Å². The Kier molecular flexibility index (Phi) is 5.73. The third-order valence-electron chi connectivity index (χ3n) is 5.36. The molecule has 1 fully saturated rings. The fraction of sp³-hybridized carbons (Fsp3) is 0.364. The van der Waals surface area contributed by atoms with Crippen LogP contribution in [-0.2, 0) is 22.1 Å². The van der Waals surface area contributed by atoms with Crippen molar-refractivity contribution in [3.63, 3.8) is 0 Å². The molecule has 3 aromatic rings. The fourth-order valence-electron chi connectivity index (χ4n) is 3.70. The highest BCUT2D eigenvalue weighted by Gasteiger charge is 2.36. The summed E-state index contributed by atoms with van der Waals surface area (Å²) in [6.07, 6.45) is -0.0230. The van der Waals surface area contributed by atoms with E-state index in [-0.39, 0.29) is 22.5 Å². The van der Waals surface area contributed by atoms with Gasteiger partial charge in [-0.15, -0.1) is 0 Å². The quantitative estimate of drug-likeness (QED) is 0.646. The molecule has 30 heavy (non-hydrogen) atoms. The fourth-order valence-corrected chi connectivity index (χ4v) is 4.87. The molecule has 0 saturated carbocycles. The maximum absolute atomic E-state index is 12.7. The van der Waals surface area contributed by atoms with Crippen LogP contribution in [-0.4, -0.2) is 41.2 Å². The van der Waals surface area contributed by atoms with E-state index in [9.17, 15) is 13.5 Å². The molecule has 2 atom stereocenters. The summed E-state index contributed by atoms with van der Waals surface area (Å²) in [6, 6.07) is 14.7. The van der Waals surface area contributed by atoms with Gasteiger partial charge in [-0.3, -0.25) is 4.90 Å². The van der Waals surface area contributed by atoms with Crippen LogP contribution in [0, 0.1) is 13.8 Å². The molecule has 8 heteroatoms. The van der Waals surface area contributed by atoms with Gasteiger partial charge in [-0.1, -0.05) is 52.7 Å². The van der Waals surface area contributed by atoms with Gasteiger partial charge in [0.05, 0.1) is 17.0 Å². The summed E-state index contributed by atoms with van der Waals surface area (Å²) in [6.45, 7) is 5.08. The number of benzene rings is 2. The van der Waals surface area contributed by atoms with Gasteiger partial charge in [0.15, 0.2) is 15.7 Å². The highest BCUT2D eigenvalue weighted by Crippen LogP contribution is 2.33. The van der Waals surface area contributed by atoms with Crippen LogP contribution in [0.3, 0.4) is 0 Å². The van der Waals surface area contributed by atoms with Crippen molar-refractivity contribution in [2.45, 2.75) is 49.6 Å². The first-order valence-electron chi connectivity index (χ1n) is 9.90. The van der Waals surface area contributed by atoms with Crippen molar-refractivity contribution in [2.24, 2.45) is 0 Å². The molecule has 1 aliphatic heterocycles. The van der Waals surface area contributed by atoms with E-state index in [1.54, 1.807) is 24.3 Å². The number of likely N-dealkylation sites (tertiary alicyclic amines) is 1. The van der Waals surface area contributed by atoms with Crippen molar-refractivity contribution in [3.8, 4) is 0 Å². The van der Waals surface area contributed by atoms with Crippen LogP contribution in [0.2, 0.25) is 0 Å². The second-order valence-corrected chi connectivity index (χ2v) is 9.93. The predicted octanol–water partition coefficient (Wildman–Crippen LogP) is 2.97. The minimum Gasteiger partial charge on any atom is -0.392 e. The first-order chi connectivity index (χ1) is 14.3. The number of aliphatic hydroxyl groups is 1. The standard InChI is InChI=1S/C22H25N3O4S/c1-15-3-7-17(8-4-15)12-25-13-18(26)11-20(25)22-23-21(24-29-22)14-30(27,28)19-9-5-16(2)6-10-19/h3-10,18,20,26H,11-14H2,1-2H3. The normalized spacial score (nSPS) is 20.0. The van der Waals surface area contributed by atoms with Crippen LogP contribution in [0.1, 0.15) is 40.9 Å². The van der Waals surface area contributed by atoms with Crippen LogP contribution < -0.4 is 0 Å². The Balaban J connectivity index is 1.50. The van der Waals surface area contributed by atoms with E-state index in [0.29, 0.717) is 25.4 Å². The highest BCUT2D eigenvalue weighted by molar-refractivity contribution is 7.90. The molecule has 0 radical (unpaired) electrons. The minimum atomic E-state index is -3.57. The lowest BCUT2D eigenvalue weighted by Crippen LogP contribution is -2.24. The zero-order chi connectivity index (χ0) is 21.3. The van der Waals surface area contributed by atoms with Crippen LogP contribution in [0.5, 0.6) is 0 Å². The van der Waals surface area contributed by atoms with Crippen LogP contribution in [0.15, 0.2) is 57.9 Å². The SMILES string of the molecule is Cc1ccc(CN2CC(O)CC2c2nc(CS(=O)(=O)c3ccc(C)cc3)no2)cc1. The molecular formula is C22H25N3O4S. The van der Waals surface area contributed by atoms with Crippen LogP contribution >= 0.6 is 0 Å². The van der Waals surface area contributed by atoms with E-state index >= 15 is 0 Å². The van der Waals surface area contributed by atoms with E-state index < -0.39 is 15.9 Å². The maximum Gasteiger partial charge on any atom is 0.244 e. The zero-order valence-electron chi connectivity index (χ0n) is 17.0. The Bertz CT molecular complexity index is 1110. The molecular weight excluding hydrogens is 402 g/mol. The molecule has 0 aliphatic carbocycles. The highest BCUT2D eigenvalue weighted by atomic mass is 32.2. The van der Waals surface area contributed by atoms with E-state index in [2.05, 4.69) is 39.3 Å². The summed E-state index contributed by atoms with van der Waals surface area (Å²) in [7, 11) is -3.57. The first kappa shape index (κ1) is 20.7. The molecule has 2 aromatic carbocycles. The number of aryl methyl sites for hydroxylation is 2. The number of hydrogen-bond acceptors (Lipinski definition) is 7. The zero-order valence-corrected chi connectivity index (χ0v) is 17.8. The summed E-state index contributed by atoms with van der Waals surface area (Å²) in [5.74, 6) is 0.141. The molecule has 7 nitrogen and oxygen atoms in total. The summed E-state index contributed by atoms with van der Waals surface area (Å²) >= 11 is 0. The molecule has 158 valence electrons. The van der Waals surface area contributed by atoms with E-state index in [1.165, 1.54) is 5.56 Å². The molecule has 0 amide bonds. The lowest BCUT2D eigenvalue weighted by molar-refractivity contribution is 0.169. The van der Waals surface area contributed by atoms with Crippen molar-refractivity contribution < 1.29 is 18.0 Å². The Morgan fingerprint density at radius 1 is 1.07 bits per heavy atom. The van der Waals surface area contributed by atoms with Crippen LogP contribution in [0.4, 0.5) is 0 Å². The smallest absolute Gasteiger partial charge is 0.244 e. The molecule has 1 N–H and O–H groups in total. The molecule has 2 unspecified atom stereocenters. The first-order valence-corrected chi connectivity index (χ1v) is 11.5. The van der Waals surface area contributed by atoms with Crippen molar-refractivity contribution >= 4 is 9.84 Å². The van der Waals surface area contributed by atoms with E-state index in [1.807, 2.05) is 13.8 Å². The van der Waals surface area contributed by atoms with Crippen molar-refractivity contribution in [3.05, 3.63) is 76.9 Å². The summed E-state index contributed by atoms with van der Waals surface area (Å²) in [5.41, 5.74) is 3.30. The Morgan fingerprint density at radius 3 is 2.37 bits per heavy atom. The molecule has 1 saturated heterocycles. The second-order valence-electron chi connectivity index (χ2n) is 7.94. The molecule has 1 aliphatic rings. The topological polar surface area (TPSA) is 96.5 Å². The molecule has 4 rings (SSSR count). The number of β-amino-alcohol motifs (C(OH)–C–C–N with tert-alkyl or cyclic N) is 1. The number of hydrogen-bond donors (Lipinski definition) is 1. The van der Waals surface area contributed by atoms with Gasteiger partial charge < -0.3 is 9.63 Å². The largest absolute Gasteiger partial charge is 0.392 e. The predicted molar refractivity (Wildman–Crippen MR) is 111 cm³/mol. The summed E-state index contributed by atoms with van der Waals surface area (Å²) in [4.78, 5) is 6.67. The average Bonchev–Trinajstić information content (AvgIpc) is 3.29. The Labute approximate surface area is 176 Å². The van der Waals surface area contributed by atoms with Gasteiger partial charge in [0.2, 0.25) is 5.89 Å². The van der Waals surface area contributed by atoms with E-state index in [4.69, 9.17) is 4.52 Å². The maximum atomic E-state index is 12.7. The van der Waals surface area contributed by atoms with Crippen LogP contribution in [0.25, 0.3) is 0 Å². The lowest BCUT2D eigenvalue weighted by atomic mass is 10.1. The molecule has 0 bridgehead atoms. The summed E-state index contributed by atoms with van der Waals surface area (Å²) in [5, 5.41) is 14.1. The van der Waals surface area contributed by atoms with Gasteiger partial charge in [0, 0.05) is 13.1 Å². The monoisotopic (exact) mass is 427 g/mol. The third-order valence-corrected chi connectivity index (χ3v) is 6.98. The second kappa shape index (κ2) is 8.29. The number of sulfone groups is 1. The lowest BCUT2D eigenvalue weighted by Gasteiger charge is -2.21. The number of aliphatic hydroxyl groups excluding tert-OH is 1. The number of rotatable bonds is 6. The summed E-state index contributed by atoms with van der Waals surface area (Å²) < 4.78 is 30.7. The Morgan fingerprint density at radius 2 is 1.70 bits per heavy atom. The average molecular weight is 428 g/mol. The van der Waals surface area contributed by atoms with Crippen molar-refractivity contribution in [1.82, 2.24) is 15.0 Å². The minimum absolute atomic E-state index is 0.127. The van der Waals surface area contributed by atoms with E-state index in [0.717, 1.165) is 11.1 Å². The van der Waals surface area contributed by atoms with Crippen molar-refractivity contribution in [2.75, 3.05) is 6.54 Å². The number of aromatic nitrogens is 2. The molecule has 2 heterocycles. The Hall–Kier alpha value is -2.55. The van der Waals surface area contributed by atoms with Gasteiger partial charge in [0.1, 0.15) is 5.75 Å². The molecule has 0 spiro atoms. The van der Waals surface area contributed by atoms with Crippen molar-refractivity contribution in [1.29, 1.82) is 0 Å². The third kappa shape index (κ3) is 4.61.